The Hall–Kier alpha value is -2.14. The van der Waals surface area contributed by atoms with Gasteiger partial charge in [-0.3, -0.25) is 28.8 Å². The standard InChI is InChI=1S/3C5H2F6O2.Y/c3*6-1-2(12)4(7,8)3(13)5(9,10)11;/h3*1H2;. The number of Topliss-reactive ketones (excluding diaryl/α,β-unsaturated/α-hetero) is 6. The molecule has 0 bridgehead atoms. The maximum atomic E-state index is 12.0. The van der Waals surface area contributed by atoms with Crippen molar-refractivity contribution in [1.29, 1.82) is 0 Å². The summed E-state index contributed by atoms with van der Waals surface area (Å²) in [5.41, 5.74) is 0. The van der Waals surface area contributed by atoms with Crippen LogP contribution in [-0.4, -0.2) is 91.0 Å². The summed E-state index contributed by atoms with van der Waals surface area (Å²) in [5.74, 6) is -34.7. The van der Waals surface area contributed by atoms with Crippen molar-refractivity contribution in [2.75, 3.05) is 20.0 Å². The van der Waals surface area contributed by atoms with Crippen molar-refractivity contribution in [1.82, 2.24) is 0 Å². The smallest absolute Gasteiger partial charge is 0.289 e. The summed E-state index contributed by atoms with van der Waals surface area (Å²) >= 11 is 0. The maximum absolute atomic E-state index is 12.0. The zero-order valence-corrected chi connectivity index (χ0v) is 20.8. The summed E-state index contributed by atoms with van der Waals surface area (Å²) in [6.45, 7) is -6.97. The van der Waals surface area contributed by atoms with Gasteiger partial charge in [-0.25, -0.2) is 13.2 Å². The SMILES string of the molecule is O=C(CF)C(F)(F)C(=O)C(F)(F)F.O=C(CF)C(F)(F)C(=O)C(F)(F)F.O=C(CF)C(F)(F)C(=O)C(F)(F)F.[Y]. The van der Waals surface area contributed by atoms with Crippen molar-refractivity contribution in [2.24, 2.45) is 0 Å². The van der Waals surface area contributed by atoms with Crippen LogP contribution in [0.25, 0.3) is 0 Å². The van der Waals surface area contributed by atoms with Gasteiger partial charge >= 0.3 is 53.6 Å². The topological polar surface area (TPSA) is 102 Å². The fourth-order valence-electron chi connectivity index (χ4n) is 1.17. The van der Waals surface area contributed by atoms with Gasteiger partial charge < -0.3 is 0 Å². The quantitative estimate of drug-likeness (QED) is 0.266. The Kier molecular flexibility index (Phi) is 17.7. The van der Waals surface area contributed by atoms with E-state index in [9.17, 15) is 108 Å². The van der Waals surface area contributed by atoms with Crippen molar-refractivity contribution in [2.45, 2.75) is 36.3 Å². The van der Waals surface area contributed by atoms with Crippen LogP contribution >= 0.6 is 0 Å². The summed E-state index contributed by atoms with van der Waals surface area (Å²) in [4.78, 5) is 59.1. The number of alkyl halides is 18. The van der Waals surface area contributed by atoms with Gasteiger partial charge in [-0.05, 0) is 0 Å². The van der Waals surface area contributed by atoms with Crippen molar-refractivity contribution >= 4 is 34.7 Å². The number of carbonyl (C=O) groups excluding carboxylic acids is 6. The first-order valence-electron chi connectivity index (χ1n) is 8.17. The molecule has 0 heterocycles. The van der Waals surface area contributed by atoms with E-state index in [1.54, 1.807) is 0 Å². The van der Waals surface area contributed by atoms with Crippen LogP contribution in [-0.2, 0) is 61.5 Å². The molecule has 0 aliphatic carbocycles. The molecule has 0 N–H and O–H groups in total. The summed E-state index contributed by atoms with van der Waals surface area (Å²) in [6.07, 6.45) is -17.6. The van der Waals surface area contributed by atoms with E-state index in [0.717, 1.165) is 0 Å². The van der Waals surface area contributed by atoms with E-state index in [1.165, 1.54) is 0 Å². The Morgan fingerprint density at radius 3 is 0.550 bits per heavy atom. The molecule has 0 amide bonds. The normalized spacial score (nSPS) is 12.4. The first kappa shape index (κ1) is 44.9. The van der Waals surface area contributed by atoms with E-state index >= 15 is 0 Å². The average molecular weight is 713 g/mol. The van der Waals surface area contributed by atoms with Gasteiger partial charge in [0.05, 0.1) is 0 Å². The van der Waals surface area contributed by atoms with Gasteiger partial charge in [-0.15, -0.1) is 0 Å². The van der Waals surface area contributed by atoms with Crippen LogP contribution in [0.5, 0.6) is 0 Å². The second-order valence-corrected chi connectivity index (χ2v) is 5.87. The minimum absolute atomic E-state index is 0. The first-order chi connectivity index (χ1) is 16.9. The van der Waals surface area contributed by atoms with E-state index in [4.69, 9.17) is 0 Å². The number of rotatable bonds is 9. The van der Waals surface area contributed by atoms with Gasteiger partial charge in [0.25, 0.3) is 0 Å². The molecule has 0 aromatic carbocycles. The Morgan fingerprint density at radius 2 is 0.475 bits per heavy atom. The average Bonchev–Trinajstić information content (AvgIpc) is 2.79. The van der Waals surface area contributed by atoms with Crippen LogP contribution in [0, 0.1) is 0 Å². The third-order valence-corrected chi connectivity index (χ3v) is 3.04. The summed E-state index contributed by atoms with van der Waals surface area (Å²) in [6, 6.07) is 0. The van der Waals surface area contributed by atoms with Crippen LogP contribution in [0.4, 0.5) is 79.0 Å². The van der Waals surface area contributed by atoms with Gasteiger partial charge in [0.2, 0.25) is 17.3 Å². The number of halogens is 18. The fourth-order valence-corrected chi connectivity index (χ4v) is 1.17. The molecule has 0 unspecified atom stereocenters. The molecule has 0 rings (SSSR count). The van der Waals surface area contributed by atoms with Gasteiger partial charge in [0.15, 0.2) is 20.0 Å². The number of ketones is 6. The van der Waals surface area contributed by atoms with E-state index < -0.39 is 91.0 Å². The third-order valence-electron chi connectivity index (χ3n) is 3.04. The molecule has 0 fully saturated rings. The molecule has 0 aliphatic rings. The molecule has 0 aliphatic heterocycles. The van der Waals surface area contributed by atoms with Crippen LogP contribution in [0.15, 0.2) is 0 Å². The van der Waals surface area contributed by atoms with Crippen LogP contribution < -0.4 is 0 Å². The summed E-state index contributed by atoms with van der Waals surface area (Å²) < 4.78 is 208. The molecule has 40 heavy (non-hydrogen) atoms. The Balaban J connectivity index is -0.000000240. The number of carbonyl (C=O) groups is 6. The molecule has 0 aromatic rings. The van der Waals surface area contributed by atoms with E-state index in [-0.39, 0.29) is 32.7 Å². The van der Waals surface area contributed by atoms with Crippen molar-refractivity contribution in [3.05, 3.63) is 0 Å². The first-order valence-corrected chi connectivity index (χ1v) is 8.17. The number of hydrogen-bond donors (Lipinski definition) is 0. The van der Waals surface area contributed by atoms with E-state index in [2.05, 4.69) is 0 Å². The summed E-state index contributed by atoms with van der Waals surface area (Å²) in [7, 11) is 0. The van der Waals surface area contributed by atoms with Crippen LogP contribution in [0.3, 0.4) is 0 Å². The molecule has 0 spiro atoms. The monoisotopic (exact) mass is 713 g/mol. The molecule has 0 aromatic heterocycles. The zero-order valence-electron chi connectivity index (χ0n) is 18.0. The molecule has 231 valence electrons. The van der Waals surface area contributed by atoms with Gasteiger partial charge in [-0.1, -0.05) is 0 Å². The molecule has 0 saturated heterocycles. The Morgan fingerprint density at radius 1 is 0.350 bits per heavy atom. The molecule has 0 atom stereocenters. The molecule has 25 heteroatoms. The minimum Gasteiger partial charge on any atom is -0.289 e. The van der Waals surface area contributed by atoms with Crippen molar-refractivity contribution < 1.29 is 141 Å². The molecule has 6 nitrogen and oxygen atoms in total. The molecule has 1 radical (unpaired) electrons. The third kappa shape index (κ3) is 13.0. The second kappa shape index (κ2) is 15.8. The van der Waals surface area contributed by atoms with Crippen LogP contribution in [0.2, 0.25) is 0 Å². The van der Waals surface area contributed by atoms with E-state index in [1.807, 2.05) is 0 Å². The molecular formula is C15H6F18O6Y. The predicted molar refractivity (Wildman–Crippen MR) is 81.0 cm³/mol. The van der Waals surface area contributed by atoms with E-state index in [0.29, 0.717) is 0 Å². The molecular weight excluding hydrogens is 707 g/mol. The predicted octanol–water partition coefficient (Wildman–Crippen LogP) is 3.87. The largest absolute Gasteiger partial charge is 0.456 e. The van der Waals surface area contributed by atoms with Crippen molar-refractivity contribution in [3.8, 4) is 0 Å². The van der Waals surface area contributed by atoms with Crippen molar-refractivity contribution in [3.63, 3.8) is 0 Å². The maximum Gasteiger partial charge on any atom is 0.456 e. The Bertz CT molecular complexity index is 815. The van der Waals surface area contributed by atoms with Gasteiger partial charge in [0.1, 0.15) is 0 Å². The fraction of sp³-hybridized carbons (Fsp3) is 0.600. The molecule has 0 saturated carbocycles. The van der Waals surface area contributed by atoms with Gasteiger partial charge in [0, 0.05) is 32.7 Å². The van der Waals surface area contributed by atoms with Crippen LogP contribution in [0.1, 0.15) is 0 Å². The summed E-state index contributed by atoms with van der Waals surface area (Å²) in [5, 5.41) is 0. The van der Waals surface area contributed by atoms with Gasteiger partial charge in [-0.2, -0.15) is 65.9 Å². The minimum atomic E-state index is -5.85. The zero-order chi connectivity index (χ0) is 32.6. The Labute approximate surface area is 231 Å². The second-order valence-electron chi connectivity index (χ2n) is 5.87. The number of hydrogen-bond acceptors (Lipinski definition) is 6.